The first-order chi connectivity index (χ1) is 10.9. The fraction of sp³-hybridized carbons (Fsp3) is 1.00. The van der Waals surface area contributed by atoms with Crippen molar-refractivity contribution in [2.75, 3.05) is 7.11 Å². The Bertz CT molecular complexity index is 418. The molecule has 0 aliphatic rings. The Kier molecular flexibility index (Phi) is 7.49. The van der Waals surface area contributed by atoms with Crippen LogP contribution in [0, 0.1) is 0 Å². The lowest BCUT2D eigenvalue weighted by molar-refractivity contribution is 0.420. The van der Waals surface area contributed by atoms with E-state index in [0.29, 0.717) is 20.2 Å². The second-order valence-corrected chi connectivity index (χ2v) is 46.6. The lowest BCUT2D eigenvalue weighted by Gasteiger charge is -2.66. The molecule has 0 saturated carbocycles. The standard InChI is InChI=1S/C21H51OSi4/c1-18(2,3)25(16,19(4,5)6)23(24(14,15)22-13)26(17,20(7,8)9)21(10,11)12/h1-17H3. The molecule has 0 aromatic carbocycles. The SMILES string of the molecule is CO[Si](C)(C)[Si]([Si](C)(C(C)(C)C)C(C)(C)C)[Si](C)(C(C)(C)C)C(C)(C)C. The summed E-state index contributed by atoms with van der Waals surface area (Å²) in [6, 6.07) is 0. The van der Waals surface area contributed by atoms with Gasteiger partial charge in [-0.15, -0.1) is 0 Å². The molecule has 0 unspecified atom stereocenters. The third-order valence-electron chi connectivity index (χ3n) is 8.11. The van der Waals surface area contributed by atoms with Crippen LogP contribution in [0.3, 0.4) is 0 Å². The molecule has 0 aliphatic heterocycles. The third kappa shape index (κ3) is 4.22. The van der Waals surface area contributed by atoms with E-state index in [1.807, 2.05) is 7.11 Å². The molecule has 0 spiro atoms. The van der Waals surface area contributed by atoms with E-state index in [9.17, 15) is 0 Å². The molecule has 1 radical (unpaired) electrons. The maximum atomic E-state index is 6.53. The summed E-state index contributed by atoms with van der Waals surface area (Å²) in [6.07, 6.45) is 0. The Morgan fingerprint density at radius 2 is 0.692 bits per heavy atom. The van der Waals surface area contributed by atoms with E-state index in [0.717, 1.165) is 0 Å². The molecule has 0 amide bonds. The lowest BCUT2D eigenvalue weighted by atomic mass is 10.2. The largest absolute Gasteiger partial charge is 0.424 e. The van der Waals surface area contributed by atoms with Crippen LogP contribution in [0.25, 0.3) is 0 Å². The second kappa shape index (κ2) is 7.26. The van der Waals surface area contributed by atoms with E-state index in [-0.39, 0.29) is 0 Å². The zero-order chi connectivity index (χ0) is 21.8. The molecule has 0 N–H and O–H groups in total. The summed E-state index contributed by atoms with van der Waals surface area (Å²) in [5, 5.41) is 1.53. The Hall–Kier alpha value is 0.828. The van der Waals surface area contributed by atoms with Gasteiger partial charge in [0.2, 0.25) is 0 Å². The molecule has 0 aromatic heterocycles. The van der Waals surface area contributed by atoms with Gasteiger partial charge in [-0.05, 0) is 33.2 Å². The summed E-state index contributed by atoms with van der Waals surface area (Å²) < 4.78 is 6.53. The number of hydrogen-bond acceptors (Lipinski definition) is 1. The molecular formula is C21H51OSi4. The lowest BCUT2D eigenvalue weighted by Crippen LogP contribution is -2.84. The number of rotatable bonds is 4. The molecule has 0 rings (SSSR count). The van der Waals surface area contributed by atoms with Crippen molar-refractivity contribution in [3.8, 4) is 0 Å². The van der Waals surface area contributed by atoms with Crippen LogP contribution in [0.5, 0.6) is 0 Å². The first-order valence-electron chi connectivity index (χ1n) is 10.4. The third-order valence-corrected chi connectivity index (χ3v) is 72.4. The molecule has 0 atom stereocenters. The fourth-order valence-electron chi connectivity index (χ4n) is 5.56. The van der Waals surface area contributed by atoms with Crippen molar-refractivity contribution in [2.24, 2.45) is 0 Å². The normalized spacial score (nSPS) is 16.4. The Balaban J connectivity index is 7.40. The Labute approximate surface area is 171 Å². The second-order valence-electron chi connectivity index (χ2n) is 13.3. The molecule has 0 heterocycles. The van der Waals surface area contributed by atoms with E-state index in [2.05, 4.69) is 109 Å². The van der Waals surface area contributed by atoms with Gasteiger partial charge in [-0.1, -0.05) is 96.2 Å². The summed E-state index contributed by atoms with van der Waals surface area (Å²) in [6.45, 7) is 41.3. The highest BCUT2D eigenvalue weighted by Crippen LogP contribution is 2.61. The summed E-state index contributed by atoms with van der Waals surface area (Å²) in [5.74, 6) is 0. The van der Waals surface area contributed by atoms with Gasteiger partial charge in [0.25, 0.3) is 0 Å². The maximum absolute atomic E-state index is 6.53. The van der Waals surface area contributed by atoms with Crippen LogP contribution in [0.2, 0.25) is 46.3 Å². The summed E-state index contributed by atoms with van der Waals surface area (Å²) in [5.41, 5.74) is 0. The van der Waals surface area contributed by atoms with Crippen molar-refractivity contribution in [3.05, 3.63) is 0 Å². The van der Waals surface area contributed by atoms with Gasteiger partial charge in [0.05, 0.1) is 22.5 Å². The van der Waals surface area contributed by atoms with E-state index >= 15 is 0 Å². The van der Waals surface area contributed by atoms with Gasteiger partial charge in [0.1, 0.15) is 0 Å². The molecule has 0 aromatic rings. The van der Waals surface area contributed by atoms with Crippen molar-refractivity contribution < 1.29 is 4.43 Å². The molecule has 157 valence electrons. The van der Waals surface area contributed by atoms with Crippen molar-refractivity contribution in [2.45, 2.75) is 129 Å². The quantitative estimate of drug-likeness (QED) is 0.410. The van der Waals surface area contributed by atoms with E-state index < -0.39 is 30.4 Å². The van der Waals surface area contributed by atoms with Gasteiger partial charge in [-0.2, -0.15) is 0 Å². The minimum Gasteiger partial charge on any atom is -0.424 e. The first-order valence-corrected chi connectivity index (χ1v) is 22.8. The summed E-state index contributed by atoms with van der Waals surface area (Å²) in [4.78, 5) is 0. The average Bonchev–Trinajstić information content (AvgIpc) is 2.32. The van der Waals surface area contributed by atoms with Crippen LogP contribution in [0.1, 0.15) is 83.1 Å². The van der Waals surface area contributed by atoms with Gasteiger partial charge < -0.3 is 4.43 Å². The van der Waals surface area contributed by atoms with Gasteiger partial charge >= 0.3 is 0 Å². The predicted octanol–water partition coefficient (Wildman–Crippen LogP) is 7.93. The van der Waals surface area contributed by atoms with Crippen LogP contribution in [-0.2, 0) is 4.43 Å². The summed E-state index contributed by atoms with van der Waals surface area (Å²) >= 11 is 0. The van der Waals surface area contributed by atoms with Gasteiger partial charge in [0, 0.05) is 7.11 Å². The zero-order valence-electron chi connectivity index (χ0n) is 21.4. The highest BCUT2D eigenvalue weighted by atomic mass is 29.9. The molecule has 0 bridgehead atoms. The van der Waals surface area contributed by atoms with Gasteiger partial charge in [-0.3, -0.25) is 0 Å². The van der Waals surface area contributed by atoms with E-state index in [1.54, 1.807) is 0 Å². The van der Waals surface area contributed by atoms with E-state index in [4.69, 9.17) is 4.43 Å². The molecule has 1 nitrogen and oxygen atoms in total. The highest BCUT2D eigenvalue weighted by Gasteiger charge is 2.70. The highest BCUT2D eigenvalue weighted by molar-refractivity contribution is 7.82. The van der Waals surface area contributed by atoms with Gasteiger partial charge in [-0.25, -0.2) is 0 Å². The van der Waals surface area contributed by atoms with Crippen LogP contribution in [0.4, 0.5) is 0 Å². The summed E-state index contributed by atoms with van der Waals surface area (Å²) in [7, 11) is -3.83. The minimum absolute atomic E-state index is 0.382. The topological polar surface area (TPSA) is 9.23 Å². The van der Waals surface area contributed by atoms with Crippen molar-refractivity contribution in [1.29, 1.82) is 0 Å². The van der Waals surface area contributed by atoms with Crippen LogP contribution >= 0.6 is 0 Å². The molecule has 0 saturated heterocycles. The molecular weight excluding hydrogens is 381 g/mol. The Morgan fingerprint density at radius 3 is 0.808 bits per heavy atom. The van der Waals surface area contributed by atoms with Crippen molar-refractivity contribution >= 4 is 30.4 Å². The fourth-order valence-corrected chi connectivity index (χ4v) is 96.0. The predicted molar refractivity (Wildman–Crippen MR) is 132 cm³/mol. The van der Waals surface area contributed by atoms with E-state index in [1.165, 1.54) is 0 Å². The molecule has 26 heavy (non-hydrogen) atoms. The molecule has 5 heteroatoms. The average molecular weight is 432 g/mol. The van der Waals surface area contributed by atoms with Crippen molar-refractivity contribution in [1.82, 2.24) is 0 Å². The van der Waals surface area contributed by atoms with Gasteiger partial charge in [0.15, 0.2) is 7.83 Å². The van der Waals surface area contributed by atoms with Crippen molar-refractivity contribution in [3.63, 3.8) is 0 Å². The first kappa shape index (κ1) is 26.8. The zero-order valence-corrected chi connectivity index (χ0v) is 25.4. The van der Waals surface area contributed by atoms with Crippen LogP contribution < -0.4 is 0 Å². The molecule has 0 fully saturated rings. The van der Waals surface area contributed by atoms with Crippen LogP contribution in [0.15, 0.2) is 0 Å². The monoisotopic (exact) mass is 431 g/mol. The molecule has 0 aliphatic carbocycles. The number of hydrogen-bond donors (Lipinski definition) is 0. The maximum Gasteiger partial charge on any atom is 0.166 e. The minimum atomic E-state index is -1.79. The smallest absolute Gasteiger partial charge is 0.166 e. The Morgan fingerprint density at radius 1 is 0.500 bits per heavy atom. The van der Waals surface area contributed by atoms with Crippen LogP contribution in [-0.4, -0.2) is 37.5 Å².